The van der Waals surface area contributed by atoms with Crippen molar-refractivity contribution < 1.29 is 8.42 Å². The van der Waals surface area contributed by atoms with Gasteiger partial charge in [-0.05, 0) is 60.6 Å². The Labute approximate surface area is 127 Å². The Morgan fingerprint density at radius 1 is 1.40 bits per heavy atom. The Kier molecular flexibility index (Phi) is 3.87. The van der Waals surface area contributed by atoms with E-state index < -0.39 is 10.0 Å². The number of aromatic nitrogens is 1. The van der Waals surface area contributed by atoms with Crippen molar-refractivity contribution in [2.75, 3.05) is 6.54 Å². The highest BCUT2D eigenvalue weighted by molar-refractivity contribution is 9.10. The first-order valence-electron chi connectivity index (χ1n) is 6.87. The topological polar surface area (TPSA) is 71.1 Å². The molecule has 1 aliphatic carbocycles. The molecule has 0 bridgehead atoms. The molecule has 2 fully saturated rings. The first-order valence-corrected chi connectivity index (χ1v) is 9.15. The van der Waals surface area contributed by atoms with Crippen molar-refractivity contribution in [2.24, 2.45) is 0 Å². The van der Waals surface area contributed by atoms with E-state index in [-0.39, 0.29) is 16.5 Å². The van der Waals surface area contributed by atoms with Gasteiger partial charge in [0.05, 0.1) is 0 Å². The van der Waals surface area contributed by atoms with Gasteiger partial charge in [0.1, 0.15) is 4.90 Å². The summed E-state index contributed by atoms with van der Waals surface area (Å²) in [7, 11) is -3.49. The third kappa shape index (κ3) is 2.90. The number of hydrogen-bond donors (Lipinski definition) is 2. The number of pyridine rings is 1. The molecule has 1 spiro atoms. The highest BCUT2D eigenvalue weighted by Crippen LogP contribution is 2.38. The molecular formula is C13H18BrN3O2S. The van der Waals surface area contributed by atoms with Crippen LogP contribution in [0.3, 0.4) is 0 Å². The second kappa shape index (κ2) is 5.36. The molecule has 20 heavy (non-hydrogen) atoms. The molecule has 1 unspecified atom stereocenters. The first-order chi connectivity index (χ1) is 9.49. The molecule has 5 nitrogen and oxygen atoms in total. The Balaban J connectivity index is 1.73. The Hall–Kier alpha value is -0.500. The van der Waals surface area contributed by atoms with Crippen molar-refractivity contribution >= 4 is 26.0 Å². The molecule has 0 amide bonds. The van der Waals surface area contributed by atoms with E-state index in [1.165, 1.54) is 12.6 Å². The molecule has 2 N–H and O–H groups in total. The van der Waals surface area contributed by atoms with E-state index in [0.29, 0.717) is 4.47 Å². The van der Waals surface area contributed by atoms with Crippen LogP contribution in [0.15, 0.2) is 27.8 Å². The fraction of sp³-hybridized carbons (Fsp3) is 0.615. The highest BCUT2D eigenvalue weighted by atomic mass is 79.9. The van der Waals surface area contributed by atoms with Gasteiger partial charge in [-0.25, -0.2) is 13.1 Å². The summed E-state index contributed by atoms with van der Waals surface area (Å²) in [5.74, 6) is 0. The van der Waals surface area contributed by atoms with Crippen molar-refractivity contribution in [1.29, 1.82) is 0 Å². The second-order valence-corrected chi connectivity index (χ2v) is 8.34. The third-order valence-corrected chi connectivity index (χ3v) is 6.17. The van der Waals surface area contributed by atoms with Crippen LogP contribution >= 0.6 is 15.9 Å². The lowest BCUT2D eigenvalue weighted by Crippen LogP contribution is -2.59. The van der Waals surface area contributed by atoms with E-state index in [9.17, 15) is 8.42 Å². The number of rotatable bonds is 3. The normalized spacial score (nSPS) is 25.4. The lowest BCUT2D eigenvalue weighted by atomic mass is 9.70. The molecule has 1 aliphatic heterocycles. The Morgan fingerprint density at radius 3 is 2.85 bits per heavy atom. The molecule has 3 rings (SSSR count). The lowest BCUT2D eigenvalue weighted by Gasteiger charge is -2.48. The second-order valence-electron chi connectivity index (χ2n) is 5.71. The van der Waals surface area contributed by atoms with Gasteiger partial charge in [-0.1, -0.05) is 0 Å². The van der Waals surface area contributed by atoms with Crippen molar-refractivity contribution in [3.05, 3.63) is 22.9 Å². The van der Waals surface area contributed by atoms with Crippen LogP contribution in [0.1, 0.15) is 32.1 Å². The predicted octanol–water partition coefficient (Wildman–Crippen LogP) is 1.80. The van der Waals surface area contributed by atoms with Gasteiger partial charge >= 0.3 is 0 Å². The minimum absolute atomic E-state index is 0.0144. The summed E-state index contributed by atoms with van der Waals surface area (Å²) in [6.45, 7) is 0.879. The molecule has 2 heterocycles. The van der Waals surface area contributed by atoms with Gasteiger partial charge in [-0.2, -0.15) is 0 Å². The van der Waals surface area contributed by atoms with Gasteiger partial charge in [0.15, 0.2) is 0 Å². The summed E-state index contributed by atoms with van der Waals surface area (Å²) < 4.78 is 28.3. The SMILES string of the molecule is O=S(=O)(NC1CCNC2(CCC2)C1)c1cncc(Br)c1. The van der Waals surface area contributed by atoms with E-state index in [2.05, 4.69) is 31.0 Å². The molecule has 1 saturated heterocycles. The maximum atomic E-state index is 12.4. The summed E-state index contributed by atoms with van der Waals surface area (Å²) in [6, 6.07) is 1.59. The lowest BCUT2D eigenvalue weighted by molar-refractivity contribution is 0.126. The predicted molar refractivity (Wildman–Crippen MR) is 79.9 cm³/mol. The van der Waals surface area contributed by atoms with E-state index in [1.807, 2.05) is 0 Å². The van der Waals surface area contributed by atoms with E-state index in [4.69, 9.17) is 0 Å². The molecule has 1 aromatic rings. The monoisotopic (exact) mass is 359 g/mol. The van der Waals surface area contributed by atoms with Crippen molar-refractivity contribution in [1.82, 2.24) is 15.0 Å². The minimum Gasteiger partial charge on any atom is -0.311 e. The Morgan fingerprint density at radius 2 is 2.20 bits per heavy atom. The fourth-order valence-corrected chi connectivity index (χ4v) is 4.84. The van der Waals surface area contributed by atoms with Crippen LogP contribution in [0.2, 0.25) is 0 Å². The summed E-state index contributed by atoms with van der Waals surface area (Å²) in [4.78, 5) is 4.14. The zero-order valence-corrected chi connectivity index (χ0v) is 13.5. The first kappa shape index (κ1) is 14.4. The van der Waals surface area contributed by atoms with Crippen LogP contribution in [-0.4, -0.2) is 31.5 Å². The number of hydrogen-bond acceptors (Lipinski definition) is 4. The minimum atomic E-state index is -3.49. The van der Waals surface area contributed by atoms with Crippen LogP contribution in [0.4, 0.5) is 0 Å². The van der Waals surface area contributed by atoms with Crippen molar-refractivity contribution in [3.63, 3.8) is 0 Å². The summed E-state index contributed by atoms with van der Waals surface area (Å²) in [6.07, 6.45) is 8.23. The third-order valence-electron chi connectivity index (χ3n) is 4.25. The molecule has 110 valence electrons. The van der Waals surface area contributed by atoms with Crippen LogP contribution < -0.4 is 10.0 Å². The summed E-state index contributed by atoms with van der Waals surface area (Å²) in [5, 5.41) is 3.54. The van der Waals surface area contributed by atoms with Crippen LogP contribution in [0.5, 0.6) is 0 Å². The molecule has 1 aromatic heterocycles. The number of nitrogens with zero attached hydrogens (tertiary/aromatic N) is 1. The molecule has 0 radical (unpaired) electrons. The summed E-state index contributed by atoms with van der Waals surface area (Å²) >= 11 is 3.25. The number of nitrogens with one attached hydrogen (secondary N) is 2. The van der Waals surface area contributed by atoms with Gasteiger partial charge in [-0.15, -0.1) is 0 Å². The zero-order chi connectivity index (χ0) is 14.2. The van der Waals surface area contributed by atoms with Gasteiger partial charge in [0.25, 0.3) is 0 Å². The molecule has 7 heteroatoms. The maximum Gasteiger partial charge on any atom is 0.242 e. The molecule has 2 aliphatic rings. The van der Waals surface area contributed by atoms with Crippen molar-refractivity contribution in [3.8, 4) is 0 Å². The molecule has 0 aromatic carbocycles. The van der Waals surface area contributed by atoms with Gasteiger partial charge in [-0.3, -0.25) is 4.98 Å². The van der Waals surface area contributed by atoms with Gasteiger partial charge < -0.3 is 5.32 Å². The highest BCUT2D eigenvalue weighted by Gasteiger charge is 2.41. The van der Waals surface area contributed by atoms with Gasteiger partial charge in [0, 0.05) is 28.4 Å². The van der Waals surface area contributed by atoms with Crippen molar-refractivity contribution in [2.45, 2.75) is 48.6 Å². The van der Waals surface area contributed by atoms with Crippen LogP contribution in [0, 0.1) is 0 Å². The molecule has 1 saturated carbocycles. The standard InChI is InChI=1S/C13H18BrN3O2S/c14-10-6-12(9-15-8-10)20(18,19)17-11-2-5-16-13(7-11)3-1-4-13/h6,8-9,11,16-17H,1-5,7H2. The van der Waals surface area contributed by atoms with E-state index in [0.717, 1.165) is 32.2 Å². The number of halogens is 1. The van der Waals surface area contributed by atoms with Gasteiger partial charge in [0.2, 0.25) is 10.0 Å². The smallest absolute Gasteiger partial charge is 0.242 e. The number of piperidine rings is 1. The average Bonchev–Trinajstić information content (AvgIpc) is 2.37. The largest absolute Gasteiger partial charge is 0.311 e. The molecule has 1 atom stereocenters. The number of sulfonamides is 1. The fourth-order valence-electron chi connectivity index (χ4n) is 3.07. The van der Waals surface area contributed by atoms with E-state index in [1.54, 1.807) is 12.3 Å². The quantitative estimate of drug-likeness (QED) is 0.862. The average molecular weight is 360 g/mol. The maximum absolute atomic E-state index is 12.4. The summed E-state index contributed by atoms with van der Waals surface area (Å²) in [5.41, 5.74) is 0.182. The van der Waals surface area contributed by atoms with E-state index >= 15 is 0 Å². The van der Waals surface area contributed by atoms with Crippen LogP contribution in [0.25, 0.3) is 0 Å². The Bertz CT molecular complexity index is 601. The zero-order valence-electron chi connectivity index (χ0n) is 11.1. The molecular weight excluding hydrogens is 342 g/mol. The van der Waals surface area contributed by atoms with Crippen LogP contribution in [-0.2, 0) is 10.0 Å².